The Morgan fingerprint density at radius 1 is 0.833 bits per heavy atom. The van der Waals surface area contributed by atoms with Crippen molar-refractivity contribution < 1.29 is 0 Å². The zero-order valence-corrected chi connectivity index (χ0v) is 12.4. The van der Waals surface area contributed by atoms with Crippen molar-refractivity contribution in [2.45, 2.75) is 0 Å². The zero-order chi connectivity index (χ0) is 17.3. The molecule has 3 rings (SSSR count). The number of nitrogens with two attached hydrogens (primary N) is 2. The molecule has 0 aliphatic heterocycles. The van der Waals surface area contributed by atoms with Crippen LogP contribution in [0.3, 0.4) is 0 Å². The monoisotopic (exact) mass is 310 g/mol. The first-order chi connectivity index (χ1) is 11.6. The van der Waals surface area contributed by atoms with Crippen molar-refractivity contribution >= 4 is 22.4 Å². The molecule has 0 amide bonds. The van der Waals surface area contributed by atoms with Crippen LogP contribution in [0.15, 0.2) is 36.4 Å². The van der Waals surface area contributed by atoms with Crippen molar-refractivity contribution in [2.75, 3.05) is 11.5 Å². The molecular weight excluding hydrogens is 300 g/mol. The largest absolute Gasteiger partial charge is 0.397 e. The van der Waals surface area contributed by atoms with Gasteiger partial charge in [0.25, 0.3) is 0 Å². The Labute approximate surface area is 137 Å². The molecule has 6 nitrogen and oxygen atoms in total. The minimum absolute atomic E-state index is 0.0342. The normalized spacial score (nSPS) is 9.88. The highest BCUT2D eigenvalue weighted by molar-refractivity contribution is 6.04. The topological polar surface area (TPSA) is 136 Å². The highest BCUT2D eigenvalue weighted by atomic mass is 14.8. The van der Waals surface area contributed by atoms with Crippen molar-refractivity contribution in [2.24, 2.45) is 0 Å². The molecule has 24 heavy (non-hydrogen) atoms. The number of nitrogens with zero attached hydrogens (tertiary/aromatic N) is 4. The van der Waals surface area contributed by atoms with Crippen LogP contribution >= 0.6 is 0 Å². The molecule has 0 bridgehead atoms. The summed E-state index contributed by atoms with van der Waals surface area (Å²) in [4.78, 5) is 4.19. The molecule has 0 radical (unpaired) electrons. The molecule has 0 fully saturated rings. The van der Waals surface area contributed by atoms with Crippen molar-refractivity contribution in [3.05, 3.63) is 53.1 Å². The standard InChI is InChI=1S/C18H10N6/c19-7-12-14(9-21)18(23)24-15-6-11(10-4-2-1-3-5-10)13(8-20)17(22)16(12)15/h1-6H,22H2,(H2,23,24). The lowest BCUT2D eigenvalue weighted by Gasteiger charge is -2.13. The minimum atomic E-state index is -0.0373. The van der Waals surface area contributed by atoms with Gasteiger partial charge in [0.1, 0.15) is 29.6 Å². The summed E-state index contributed by atoms with van der Waals surface area (Å²) in [5, 5.41) is 28.5. The second kappa shape index (κ2) is 5.61. The fraction of sp³-hybridized carbons (Fsp3) is 0. The Balaban J connectivity index is 2.52. The smallest absolute Gasteiger partial charge is 0.143 e. The van der Waals surface area contributed by atoms with E-state index >= 15 is 0 Å². The maximum atomic E-state index is 9.54. The number of fused-ring (bicyclic) bond motifs is 1. The maximum Gasteiger partial charge on any atom is 0.143 e. The van der Waals surface area contributed by atoms with Crippen LogP contribution in [-0.4, -0.2) is 4.98 Å². The van der Waals surface area contributed by atoms with Crippen molar-refractivity contribution in [3.8, 4) is 29.3 Å². The third-order valence-corrected chi connectivity index (χ3v) is 3.76. The van der Waals surface area contributed by atoms with E-state index in [-0.39, 0.29) is 33.6 Å². The Morgan fingerprint density at radius 2 is 1.46 bits per heavy atom. The van der Waals surface area contributed by atoms with E-state index in [2.05, 4.69) is 11.1 Å². The summed E-state index contributed by atoms with van der Waals surface area (Å²) in [5.74, 6) is -0.0373. The van der Waals surface area contributed by atoms with Gasteiger partial charge >= 0.3 is 0 Å². The van der Waals surface area contributed by atoms with Crippen LogP contribution in [0.2, 0.25) is 0 Å². The number of nitriles is 3. The zero-order valence-electron chi connectivity index (χ0n) is 12.4. The molecule has 0 saturated heterocycles. The molecule has 1 heterocycles. The number of aromatic nitrogens is 1. The first-order valence-electron chi connectivity index (χ1n) is 6.93. The predicted octanol–water partition coefficient (Wildman–Crippen LogP) is 2.68. The summed E-state index contributed by atoms with van der Waals surface area (Å²) in [6.07, 6.45) is 0. The van der Waals surface area contributed by atoms with E-state index in [1.54, 1.807) is 6.07 Å². The fourth-order valence-corrected chi connectivity index (χ4v) is 2.67. The summed E-state index contributed by atoms with van der Waals surface area (Å²) in [7, 11) is 0. The van der Waals surface area contributed by atoms with Crippen LogP contribution in [0, 0.1) is 34.0 Å². The summed E-state index contributed by atoms with van der Waals surface area (Å²) < 4.78 is 0. The highest BCUT2D eigenvalue weighted by Gasteiger charge is 2.20. The van der Waals surface area contributed by atoms with Crippen LogP contribution in [0.4, 0.5) is 11.5 Å². The van der Waals surface area contributed by atoms with Gasteiger partial charge in [-0.05, 0) is 11.6 Å². The molecule has 0 saturated carbocycles. The first kappa shape index (κ1) is 14.8. The number of nitrogen functional groups attached to an aromatic ring is 2. The van der Waals surface area contributed by atoms with Gasteiger partial charge in [0.2, 0.25) is 0 Å². The third kappa shape index (κ3) is 2.06. The van der Waals surface area contributed by atoms with Crippen LogP contribution < -0.4 is 11.5 Å². The van der Waals surface area contributed by atoms with E-state index in [0.717, 1.165) is 5.56 Å². The quantitative estimate of drug-likeness (QED) is 0.663. The molecule has 3 aromatic rings. The molecule has 4 N–H and O–H groups in total. The number of hydrogen-bond donors (Lipinski definition) is 2. The van der Waals surface area contributed by atoms with E-state index in [9.17, 15) is 15.8 Å². The maximum absolute atomic E-state index is 9.54. The average Bonchev–Trinajstić information content (AvgIpc) is 2.61. The van der Waals surface area contributed by atoms with Crippen LogP contribution in [-0.2, 0) is 0 Å². The molecule has 0 unspecified atom stereocenters. The van der Waals surface area contributed by atoms with Gasteiger partial charge < -0.3 is 11.5 Å². The summed E-state index contributed by atoms with van der Waals surface area (Å²) in [6.45, 7) is 0. The molecule has 0 spiro atoms. The van der Waals surface area contributed by atoms with E-state index in [1.807, 2.05) is 42.5 Å². The van der Waals surface area contributed by atoms with Crippen LogP contribution in [0.5, 0.6) is 0 Å². The van der Waals surface area contributed by atoms with Crippen molar-refractivity contribution in [3.63, 3.8) is 0 Å². The molecule has 0 aliphatic carbocycles. The van der Waals surface area contributed by atoms with Gasteiger partial charge in [-0.15, -0.1) is 0 Å². The lowest BCUT2D eigenvalue weighted by atomic mass is 9.93. The highest BCUT2D eigenvalue weighted by Crippen LogP contribution is 2.36. The second-order valence-electron chi connectivity index (χ2n) is 5.06. The van der Waals surface area contributed by atoms with E-state index in [0.29, 0.717) is 11.1 Å². The van der Waals surface area contributed by atoms with E-state index in [1.165, 1.54) is 0 Å². The Kier molecular flexibility index (Phi) is 3.47. The van der Waals surface area contributed by atoms with Gasteiger partial charge in [-0.1, -0.05) is 30.3 Å². The molecule has 6 heteroatoms. The molecular formula is C18H10N6. The Hall–Kier alpha value is -4.08. The summed E-state index contributed by atoms with van der Waals surface area (Å²) >= 11 is 0. The summed E-state index contributed by atoms with van der Waals surface area (Å²) in [6, 6.07) is 16.8. The van der Waals surface area contributed by atoms with Gasteiger partial charge in [-0.2, -0.15) is 15.8 Å². The van der Waals surface area contributed by atoms with E-state index < -0.39 is 0 Å². The lowest BCUT2D eigenvalue weighted by Crippen LogP contribution is -2.04. The molecule has 1 aromatic heterocycles. The lowest BCUT2D eigenvalue weighted by molar-refractivity contribution is 1.35. The average molecular weight is 310 g/mol. The SMILES string of the molecule is N#Cc1c(-c2ccccc2)cc2nc(N)c(C#N)c(C#N)c2c1N. The van der Waals surface area contributed by atoms with Gasteiger partial charge in [-0.3, -0.25) is 0 Å². The predicted molar refractivity (Wildman–Crippen MR) is 90.1 cm³/mol. The third-order valence-electron chi connectivity index (χ3n) is 3.76. The number of benzene rings is 2. The van der Waals surface area contributed by atoms with Crippen molar-refractivity contribution in [1.82, 2.24) is 4.98 Å². The summed E-state index contributed by atoms with van der Waals surface area (Å²) in [5.41, 5.74) is 14.1. The molecule has 2 aromatic carbocycles. The molecule has 112 valence electrons. The number of rotatable bonds is 1. The van der Waals surface area contributed by atoms with Crippen LogP contribution in [0.25, 0.3) is 22.0 Å². The fourth-order valence-electron chi connectivity index (χ4n) is 2.67. The molecule has 0 aliphatic rings. The Morgan fingerprint density at radius 3 is 2.04 bits per heavy atom. The second-order valence-corrected chi connectivity index (χ2v) is 5.06. The van der Waals surface area contributed by atoms with Crippen LogP contribution in [0.1, 0.15) is 16.7 Å². The van der Waals surface area contributed by atoms with Crippen molar-refractivity contribution in [1.29, 1.82) is 15.8 Å². The number of pyridine rings is 1. The van der Waals surface area contributed by atoms with Gasteiger partial charge in [0, 0.05) is 10.9 Å². The van der Waals surface area contributed by atoms with E-state index in [4.69, 9.17) is 11.5 Å². The number of anilines is 2. The minimum Gasteiger partial charge on any atom is -0.397 e. The number of hydrogen-bond acceptors (Lipinski definition) is 6. The van der Waals surface area contributed by atoms with Gasteiger partial charge in [0.15, 0.2) is 0 Å². The van der Waals surface area contributed by atoms with Gasteiger partial charge in [0.05, 0.1) is 22.3 Å². The first-order valence-corrected chi connectivity index (χ1v) is 6.93. The van der Waals surface area contributed by atoms with Gasteiger partial charge in [-0.25, -0.2) is 4.98 Å². The Bertz CT molecular complexity index is 1100. The molecule has 0 atom stereocenters.